The van der Waals surface area contributed by atoms with Gasteiger partial charge in [-0.05, 0) is 49.9 Å². The molecule has 0 saturated carbocycles. The second kappa shape index (κ2) is 6.27. The number of rotatable bonds is 4. The molecule has 7 heteroatoms. The van der Waals surface area contributed by atoms with Crippen molar-refractivity contribution in [3.05, 3.63) is 24.3 Å². The number of nitrogens with two attached hydrogens (primary N) is 1. The first kappa shape index (κ1) is 16.2. The van der Waals surface area contributed by atoms with Gasteiger partial charge in [0.1, 0.15) is 0 Å². The number of piperidine rings is 1. The predicted octanol–water partition coefficient (Wildman–Crippen LogP) is 2.25. The molecular weight excluding hydrogens is 298 g/mol. The predicted molar refractivity (Wildman–Crippen MR) is 78.2 cm³/mol. The molecule has 0 radical (unpaired) electrons. The Morgan fingerprint density at radius 2 is 1.90 bits per heavy atom. The van der Waals surface area contributed by atoms with Crippen LogP contribution < -0.4 is 10.6 Å². The molecule has 0 aromatic heterocycles. The van der Waals surface area contributed by atoms with Crippen LogP contribution in [0.5, 0.6) is 0 Å². The average molecular weight is 318 g/mol. The monoisotopic (exact) mass is 318 g/mol. The van der Waals surface area contributed by atoms with Crippen molar-refractivity contribution in [2.75, 3.05) is 18.0 Å². The average Bonchev–Trinajstić information content (AvgIpc) is 2.47. The molecule has 0 bridgehead atoms. The smallest absolute Gasteiger partial charge is 0.341 e. The van der Waals surface area contributed by atoms with Crippen molar-refractivity contribution in [3.8, 4) is 0 Å². The molecule has 4 nitrogen and oxygen atoms in total. The van der Waals surface area contributed by atoms with Crippen molar-refractivity contribution in [1.82, 2.24) is 0 Å². The van der Waals surface area contributed by atoms with Gasteiger partial charge in [-0.1, -0.05) is 0 Å². The highest BCUT2D eigenvalue weighted by atomic mass is 32.2. The zero-order valence-electron chi connectivity index (χ0n) is 11.9. The Bertz CT molecular complexity index is 573. The summed E-state index contributed by atoms with van der Waals surface area (Å²) in [7, 11) is -4.52. The number of halogens is 2. The van der Waals surface area contributed by atoms with Crippen molar-refractivity contribution in [3.63, 3.8) is 0 Å². The molecule has 2 atom stereocenters. The summed E-state index contributed by atoms with van der Waals surface area (Å²) < 4.78 is 47.7. The topological polar surface area (TPSA) is 63.4 Å². The third-order valence-electron chi connectivity index (χ3n) is 3.97. The lowest BCUT2D eigenvalue weighted by molar-refractivity contribution is 0.234. The number of benzene rings is 1. The van der Waals surface area contributed by atoms with Gasteiger partial charge in [0.25, 0.3) is 0 Å². The van der Waals surface area contributed by atoms with Crippen molar-refractivity contribution >= 4 is 15.5 Å². The SMILES string of the molecule is CC(N)C1CCCN(c2ccc(S(=O)(=O)C(F)F)cc2)C1. The molecule has 1 aliphatic rings. The normalized spacial score (nSPS) is 21.6. The van der Waals surface area contributed by atoms with E-state index in [-0.39, 0.29) is 10.9 Å². The van der Waals surface area contributed by atoms with Crippen LogP contribution in [-0.4, -0.2) is 33.3 Å². The molecule has 2 N–H and O–H groups in total. The Hall–Kier alpha value is -1.21. The van der Waals surface area contributed by atoms with Crippen molar-refractivity contribution in [1.29, 1.82) is 0 Å². The van der Waals surface area contributed by atoms with E-state index in [0.29, 0.717) is 5.92 Å². The van der Waals surface area contributed by atoms with Gasteiger partial charge in [-0.25, -0.2) is 8.42 Å². The Labute approximate surface area is 123 Å². The highest BCUT2D eigenvalue weighted by molar-refractivity contribution is 7.91. The number of anilines is 1. The van der Waals surface area contributed by atoms with Crippen LogP contribution in [0.4, 0.5) is 14.5 Å². The zero-order valence-corrected chi connectivity index (χ0v) is 12.7. The van der Waals surface area contributed by atoms with E-state index in [1.165, 1.54) is 12.1 Å². The standard InChI is InChI=1S/C14H20F2N2O2S/c1-10(17)11-3-2-8-18(9-11)12-4-6-13(7-5-12)21(19,20)14(15)16/h4-7,10-11,14H,2-3,8-9,17H2,1H3. The molecule has 1 heterocycles. The van der Waals surface area contributed by atoms with E-state index in [1.807, 2.05) is 6.92 Å². The van der Waals surface area contributed by atoms with Gasteiger partial charge in [0.05, 0.1) is 4.90 Å². The second-order valence-electron chi connectivity index (χ2n) is 5.51. The molecule has 0 aliphatic carbocycles. The first-order chi connectivity index (χ1) is 9.82. The molecule has 1 aromatic carbocycles. The molecule has 118 valence electrons. The summed E-state index contributed by atoms with van der Waals surface area (Å²) >= 11 is 0. The molecule has 1 saturated heterocycles. The number of hydrogen-bond donors (Lipinski definition) is 1. The second-order valence-corrected chi connectivity index (χ2v) is 7.42. The van der Waals surface area contributed by atoms with Crippen LogP contribution >= 0.6 is 0 Å². The number of nitrogens with zero attached hydrogens (tertiary/aromatic N) is 1. The van der Waals surface area contributed by atoms with Gasteiger partial charge in [0, 0.05) is 24.8 Å². The molecule has 21 heavy (non-hydrogen) atoms. The van der Waals surface area contributed by atoms with Gasteiger partial charge in [0.2, 0.25) is 9.84 Å². The summed E-state index contributed by atoms with van der Waals surface area (Å²) in [5, 5.41) is 0. The highest BCUT2D eigenvalue weighted by Gasteiger charge is 2.27. The third kappa shape index (κ3) is 3.52. The van der Waals surface area contributed by atoms with Gasteiger partial charge >= 0.3 is 5.76 Å². The summed E-state index contributed by atoms with van der Waals surface area (Å²) in [4.78, 5) is 1.78. The quantitative estimate of drug-likeness (QED) is 0.925. The maximum atomic E-state index is 12.5. The van der Waals surface area contributed by atoms with Gasteiger partial charge in [-0.15, -0.1) is 0 Å². The minimum absolute atomic E-state index is 0.103. The van der Waals surface area contributed by atoms with Crippen molar-refractivity contribution in [2.24, 2.45) is 11.7 Å². The maximum absolute atomic E-state index is 12.5. The van der Waals surface area contributed by atoms with Crippen LogP contribution in [0, 0.1) is 5.92 Å². The Kier molecular flexibility index (Phi) is 4.83. The van der Waals surface area contributed by atoms with Crippen LogP contribution in [0.3, 0.4) is 0 Å². The highest BCUT2D eigenvalue weighted by Crippen LogP contribution is 2.26. The number of alkyl halides is 2. The van der Waals surface area contributed by atoms with Crippen LogP contribution in [0.2, 0.25) is 0 Å². The fourth-order valence-electron chi connectivity index (χ4n) is 2.62. The molecule has 0 amide bonds. The molecule has 0 spiro atoms. The number of sulfone groups is 1. The Morgan fingerprint density at radius 3 is 2.43 bits per heavy atom. The first-order valence-electron chi connectivity index (χ1n) is 6.95. The van der Waals surface area contributed by atoms with E-state index in [2.05, 4.69) is 4.90 Å². The van der Waals surface area contributed by atoms with Crippen LogP contribution in [0.15, 0.2) is 29.2 Å². The van der Waals surface area contributed by atoms with E-state index in [4.69, 9.17) is 5.73 Å². The fraction of sp³-hybridized carbons (Fsp3) is 0.571. The van der Waals surface area contributed by atoms with Crippen molar-refractivity contribution in [2.45, 2.75) is 36.5 Å². The zero-order chi connectivity index (χ0) is 15.6. The number of hydrogen-bond acceptors (Lipinski definition) is 4. The summed E-state index contributed by atoms with van der Waals surface area (Å²) in [6, 6.07) is 5.75. The molecule has 2 unspecified atom stereocenters. The van der Waals surface area contributed by atoms with Crippen LogP contribution in [0.25, 0.3) is 0 Å². The van der Waals surface area contributed by atoms with Crippen LogP contribution in [-0.2, 0) is 9.84 Å². The van der Waals surface area contributed by atoms with Gasteiger partial charge in [-0.3, -0.25) is 0 Å². The summed E-state index contributed by atoms with van der Waals surface area (Å²) in [6.45, 7) is 3.65. The van der Waals surface area contributed by atoms with E-state index >= 15 is 0 Å². The first-order valence-corrected chi connectivity index (χ1v) is 8.49. The molecule has 2 rings (SSSR count). The summed E-state index contributed by atoms with van der Waals surface area (Å²) in [5.74, 6) is -3.00. The molecule has 1 fully saturated rings. The van der Waals surface area contributed by atoms with Crippen LogP contribution in [0.1, 0.15) is 19.8 Å². The summed E-state index contributed by atoms with van der Waals surface area (Å²) in [6.07, 6.45) is 2.09. The van der Waals surface area contributed by atoms with E-state index in [9.17, 15) is 17.2 Å². The lowest BCUT2D eigenvalue weighted by Gasteiger charge is -2.36. The lowest BCUT2D eigenvalue weighted by Crippen LogP contribution is -2.42. The van der Waals surface area contributed by atoms with E-state index in [0.717, 1.165) is 31.6 Å². The molecule has 1 aliphatic heterocycles. The Balaban J connectivity index is 2.16. The van der Waals surface area contributed by atoms with Gasteiger partial charge in [-0.2, -0.15) is 8.78 Å². The fourth-order valence-corrected chi connectivity index (χ4v) is 3.34. The largest absolute Gasteiger partial charge is 0.371 e. The maximum Gasteiger partial charge on any atom is 0.341 e. The molecule has 1 aromatic rings. The minimum Gasteiger partial charge on any atom is -0.371 e. The van der Waals surface area contributed by atoms with Crippen molar-refractivity contribution < 1.29 is 17.2 Å². The van der Waals surface area contributed by atoms with Gasteiger partial charge < -0.3 is 10.6 Å². The lowest BCUT2D eigenvalue weighted by atomic mass is 9.92. The van der Waals surface area contributed by atoms with E-state index in [1.54, 1.807) is 12.1 Å². The summed E-state index contributed by atoms with van der Waals surface area (Å²) in [5.41, 5.74) is 6.77. The van der Waals surface area contributed by atoms with Gasteiger partial charge in [0.15, 0.2) is 0 Å². The molecular formula is C14H20F2N2O2S. The Morgan fingerprint density at radius 1 is 1.29 bits per heavy atom. The van der Waals surface area contributed by atoms with E-state index < -0.39 is 15.6 Å². The third-order valence-corrected chi connectivity index (χ3v) is 5.36. The minimum atomic E-state index is -4.52.